The van der Waals surface area contributed by atoms with Gasteiger partial charge in [-0.2, -0.15) is 4.99 Å². The van der Waals surface area contributed by atoms with Crippen LogP contribution in [0.4, 0.5) is 0 Å². The Hall–Kier alpha value is -0.310. The first-order chi connectivity index (χ1) is 5.50. The zero-order chi connectivity index (χ0) is 9.72. The molecule has 0 aliphatic carbocycles. The van der Waals surface area contributed by atoms with Crippen LogP contribution in [-0.4, -0.2) is 27.3 Å². The smallest absolute Gasteiger partial charge is 0.205 e. The van der Waals surface area contributed by atoms with Crippen molar-refractivity contribution in [2.45, 2.75) is 39.8 Å². The number of thiocarbonyl (C=S) groups is 2. The first-order valence-corrected chi connectivity index (χ1v) is 4.72. The van der Waals surface area contributed by atoms with Crippen molar-refractivity contribution in [2.75, 3.05) is 0 Å². The van der Waals surface area contributed by atoms with Gasteiger partial charge < -0.3 is 4.90 Å². The second-order valence-corrected chi connectivity index (χ2v) is 3.63. The van der Waals surface area contributed by atoms with Gasteiger partial charge in [-0.05, 0) is 52.1 Å². The first-order valence-electron chi connectivity index (χ1n) is 3.90. The number of nitrogens with zero attached hydrogens (tertiary/aromatic N) is 2. The van der Waals surface area contributed by atoms with E-state index in [1.54, 1.807) is 0 Å². The molecule has 0 saturated heterocycles. The van der Waals surface area contributed by atoms with Crippen molar-refractivity contribution in [3.8, 4) is 0 Å². The highest BCUT2D eigenvalue weighted by atomic mass is 32.1. The number of aliphatic imine (C=N–C) groups is 1. The van der Waals surface area contributed by atoms with Gasteiger partial charge in [0.1, 0.15) is 0 Å². The van der Waals surface area contributed by atoms with E-state index < -0.39 is 0 Å². The van der Waals surface area contributed by atoms with E-state index in [4.69, 9.17) is 12.2 Å². The van der Waals surface area contributed by atoms with Crippen molar-refractivity contribution in [3.05, 3.63) is 0 Å². The third-order valence-corrected chi connectivity index (χ3v) is 1.87. The molecule has 0 N–H and O–H groups in total. The third kappa shape index (κ3) is 3.39. The molecular formula is C8H14N2S2. The maximum absolute atomic E-state index is 5.06. The highest BCUT2D eigenvalue weighted by Gasteiger charge is 2.15. The van der Waals surface area contributed by atoms with Gasteiger partial charge in [-0.25, -0.2) is 0 Å². The lowest BCUT2D eigenvalue weighted by molar-refractivity contribution is 0.295. The molecule has 0 aromatic heterocycles. The molecule has 0 saturated carbocycles. The topological polar surface area (TPSA) is 15.6 Å². The molecule has 68 valence electrons. The maximum atomic E-state index is 5.06. The van der Waals surface area contributed by atoms with Crippen LogP contribution in [0.1, 0.15) is 27.7 Å². The van der Waals surface area contributed by atoms with Crippen molar-refractivity contribution in [1.82, 2.24) is 4.90 Å². The molecule has 0 heterocycles. The number of isothiocyanates is 1. The van der Waals surface area contributed by atoms with Crippen LogP contribution in [0.2, 0.25) is 0 Å². The second-order valence-electron chi connectivity index (χ2n) is 3.08. The van der Waals surface area contributed by atoms with E-state index in [2.05, 4.69) is 50.1 Å². The van der Waals surface area contributed by atoms with Crippen LogP contribution in [0, 0.1) is 0 Å². The highest BCUT2D eigenvalue weighted by molar-refractivity contribution is 7.80. The SMILES string of the molecule is CC(C)N(C(=S)N=C=S)C(C)C. The molecule has 2 nitrogen and oxygen atoms in total. The lowest BCUT2D eigenvalue weighted by Crippen LogP contribution is -2.40. The van der Waals surface area contributed by atoms with Gasteiger partial charge in [0.05, 0.1) is 5.16 Å². The molecular weight excluding hydrogens is 188 g/mol. The van der Waals surface area contributed by atoms with Gasteiger partial charge in [0.15, 0.2) is 0 Å². The molecule has 0 unspecified atom stereocenters. The summed E-state index contributed by atoms with van der Waals surface area (Å²) in [4.78, 5) is 5.81. The van der Waals surface area contributed by atoms with E-state index in [1.807, 2.05) is 4.90 Å². The van der Waals surface area contributed by atoms with Crippen LogP contribution >= 0.6 is 24.4 Å². The van der Waals surface area contributed by atoms with E-state index in [0.717, 1.165) is 0 Å². The Kier molecular flexibility index (Phi) is 5.22. The van der Waals surface area contributed by atoms with Gasteiger partial charge in [0.2, 0.25) is 5.11 Å². The largest absolute Gasteiger partial charge is 0.342 e. The third-order valence-electron chi connectivity index (χ3n) is 1.47. The van der Waals surface area contributed by atoms with Crippen molar-refractivity contribution < 1.29 is 0 Å². The Morgan fingerprint density at radius 1 is 1.25 bits per heavy atom. The second kappa shape index (κ2) is 5.36. The molecule has 0 bridgehead atoms. The summed E-state index contributed by atoms with van der Waals surface area (Å²) in [5.41, 5.74) is 0. The minimum atomic E-state index is 0.351. The van der Waals surface area contributed by atoms with Crippen LogP contribution < -0.4 is 0 Å². The summed E-state index contributed by atoms with van der Waals surface area (Å²) in [5.74, 6) is 0. The van der Waals surface area contributed by atoms with Crippen LogP contribution in [0.3, 0.4) is 0 Å². The highest BCUT2D eigenvalue weighted by Crippen LogP contribution is 2.06. The Labute approximate surface area is 84.7 Å². The fraction of sp³-hybridized carbons (Fsp3) is 0.750. The number of rotatable bonds is 2. The van der Waals surface area contributed by atoms with Gasteiger partial charge in [-0.1, -0.05) is 0 Å². The average Bonchev–Trinajstić information content (AvgIpc) is 1.85. The molecule has 12 heavy (non-hydrogen) atoms. The van der Waals surface area contributed by atoms with E-state index in [-0.39, 0.29) is 0 Å². The van der Waals surface area contributed by atoms with Gasteiger partial charge in [0, 0.05) is 12.1 Å². The average molecular weight is 202 g/mol. The molecule has 0 aliphatic rings. The van der Waals surface area contributed by atoms with Crippen molar-refractivity contribution >= 4 is 34.7 Å². The minimum absolute atomic E-state index is 0.351. The fourth-order valence-corrected chi connectivity index (χ4v) is 1.75. The van der Waals surface area contributed by atoms with Crippen LogP contribution in [0.5, 0.6) is 0 Å². The molecule has 4 heteroatoms. The van der Waals surface area contributed by atoms with Gasteiger partial charge in [-0.15, -0.1) is 0 Å². The molecule has 0 radical (unpaired) electrons. The first kappa shape index (κ1) is 11.7. The summed E-state index contributed by atoms with van der Waals surface area (Å²) in [6, 6.07) is 0.703. The van der Waals surface area contributed by atoms with E-state index in [0.29, 0.717) is 17.2 Å². The Morgan fingerprint density at radius 3 is 1.92 bits per heavy atom. The number of hydrogen-bond acceptors (Lipinski definition) is 2. The summed E-state index contributed by atoms with van der Waals surface area (Å²) >= 11 is 9.55. The summed E-state index contributed by atoms with van der Waals surface area (Å²) < 4.78 is 0. The molecule has 0 aliphatic heterocycles. The van der Waals surface area contributed by atoms with Crippen LogP contribution in [0.15, 0.2) is 4.99 Å². The molecule has 0 aromatic carbocycles. The van der Waals surface area contributed by atoms with Gasteiger partial charge >= 0.3 is 0 Å². The van der Waals surface area contributed by atoms with Gasteiger partial charge in [-0.3, -0.25) is 0 Å². The van der Waals surface area contributed by atoms with Crippen molar-refractivity contribution in [3.63, 3.8) is 0 Å². The zero-order valence-corrected chi connectivity index (χ0v) is 9.50. The molecule has 0 aromatic rings. The number of hydrogen-bond donors (Lipinski definition) is 0. The molecule has 0 fully saturated rings. The lowest BCUT2D eigenvalue weighted by atomic mass is 10.2. The Balaban J connectivity index is 4.51. The normalized spacial score (nSPS) is 9.83. The standard InChI is InChI=1S/C8H14N2S2/c1-6(2)10(7(3)4)8(12)9-5-11/h6-7H,1-4H3. The monoisotopic (exact) mass is 202 g/mol. The Morgan fingerprint density at radius 2 is 1.67 bits per heavy atom. The Bertz CT molecular complexity index is 197. The lowest BCUT2D eigenvalue weighted by Gasteiger charge is -2.30. The van der Waals surface area contributed by atoms with Gasteiger partial charge in [0.25, 0.3) is 0 Å². The molecule has 0 spiro atoms. The summed E-state index contributed by atoms with van der Waals surface area (Å²) in [6.45, 7) is 8.30. The summed E-state index contributed by atoms with van der Waals surface area (Å²) in [7, 11) is 0. The predicted octanol–water partition coefficient (Wildman–Crippen LogP) is 2.49. The zero-order valence-electron chi connectivity index (χ0n) is 7.87. The van der Waals surface area contributed by atoms with Crippen molar-refractivity contribution in [1.29, 1.82) is 0 Å². The van der Waals surface area contributed by atoms with E-state index >= 15 is 0 Å². The van der Waals surface area contributed by atoms with E-state index in [9.17, 15) is 0 Å². The molecule has 0 atom stereocenters. The molecule has 0 amide bonds. The minimum Gasteiger partial charge on any atom is -0.342 e. The predicted molar refractivity (Wildman–Crippen MR) is 59.7 cm³/mol. The maximum Gasteiger partial charge on any atom is 0.205 e. The summed E-state index contributed by atoms with van der Waals surface area (Å²) in [6.07, 6.45) is 0. The van der Waals surface area contributed by atoms with E-state index in [1.165, 1.54) is 0 Å². The van der Waals surface area contributed by atoms with Crippen molar-refractivity contribution in [2.24, 2.45) is 4.99 Å². The van der Waals surface area contributed by atoms with Crippen LogP contribution in [-0.2, 0) is 0 Å². The van der Waals surface area contributed by atoms with Crippen LogP contribution in [0.25, 0.3) is 0 Å². The fourth-order valence-electron chi connectivity index (χ4n) is 1.13. The summed E-state index contributed by atoms with van der Waals surface area (Å²) in [5, 5.41) is 2.81. The quantitative estimate of drug-likeness (QED) is 0.505. The molecule has 0 rings (SSSR count).